The topological polar surface area (TPSA) is 42.2 Å². The molecule has 1 aliphatic carbocycles. The second kappa shape index (κ2) is 10.7. The van der Waals surface area contributed by atoms with E-state index in [1.54, 1.807) is 0 Å². The van der Waals surface area contributed by atoms with Crippen LogP contribution >= 0.6 is 0 Å². The Hall–Kier alpha value is -3.74. The fourth-order valence-electron chi connectivity index (χ4n) is 5.63. The Bertz CT molecular complexity index is 1450. The van der Waals surface area contributed by atoms with E-state index < -0.39 is 52.1 Å². The molecule has 1 atom stereocenters. The lowest BCUT2D eigenvalue weighted by molar-refractivity contribution is -0.189. The first kappa shape index (κ1) is 27.8. The number of hydrogen-bond donors (Lipinski definition) is 0. The van der Waals surface area contributed by atoms with Gasteiger partial charge in [-0.15, -0.1) is 0 Å². The summed E-state index contributed by atoms with van der Waals surface area (Å²) in [5, 5.41) is 8.70. The van der Waals surface area contributed by atoms with Crippen LogP contribution in [0.5, 0.6) is 11.5 Å². The third-order valence-electron chi connectivity index (χ3n) is 7.83. The highest BCUT2D eigenvalue weighted by atomic mass is 19.3. The zero-order valence-electron chi connectivity index (χ0n) is 21.3. The first-order valence-corrected chi connectivity index (χ1v) is 12.9. The number of hydrogen-bond acceptors (Lipinski definition) is 3. The van der Waals surface area contributed by atoms with Crippen molar-refractivity contribution in [3.63, 3.8) is 0 Å². The first-order chi connectivity index (χ1) is 19.0. The Morgan fingerprint density at radius 1 is 0.825 bits per heavy atom. The van der Waals surface area contributed by atoms with Gasteiger partial charge in [-0.3, -0.25) is 0 Å². The summed E-state index contributed by atoms with van der Waals surface area (Å²) in [5.74, 6) is -6.64. The molecule has 0 radical (unpaired) electrons. The summed E-state index contributed by atoms with van der Waals surface area (Å²) in [5.41, 5.74) is -2.82. The Labute approximate surface area is 226 Å². The van der Waals surface area contributed by atoms with Gasteiger partial charge in [0.1, 0.15) is 57.8 Å². The van der Waals surface area contributed by atoms with Crippen molar-refractivity contribution in [1.82, 2.24) is 0 Å². The quantitative estimate of drug-likeness (QED) is 0.293. The molecule has 1 fully saturated rings. The highest BCUT2D eigenvalue weighted by molar-refractivity contribution is 5.68. The molecular weight excluding hydrogens is 539 g/mol. The maximum absolute atomic E-state index is 15.1. The third kappa shape index (κ3) is 5.34. The minimum Gasteiger partial charge on any atom is -0.493 e. The molecule has 2 aliphatic rings. The molecule has 0 aromatic heterocycles. The maximum Gasteiger partial charge on any atom is 0.432 e. The average Bonchev–Trinajstić information content (AvgIpc) is 2.87. The van der Waals surface area contributed by atoms with Crippen molar-refractivity contribution >= 4 is 0 Å². The molecular formula is C30H24F7NO2. The van der Waals surface area contributed by atoms with E-state index in [1.165, 1.54) is 18.2 Å². The van der Waals surface area contributed by atoms with E-state index in [1.807, 2.05) is 0 Å². The fraction of sp³-hybridized carbons (Fsp3) is 0.367. The summed E-state index contributed by atoms with van der Waals surface area (Å²) in [6.07, 6.45) is 0.342. The molecule has 0 saturated heterocycles. The smallest absolute Gasteiger partial charge is 0.432 e. The molecule has 1 aliphatic heterocycles. The van der Waals surface area contributed by atoms with Crippen molar-refractivity contribution in [1.29, 1.82) is 5.26 Å². The van der Waals surface area contributed by atoms with Crippen molar-refractivity contribution in [2.75, 3.05) is 6.61 Å². The number of fused-ring (bicyclic) bond motifs is 1. The van der Waals surface area contributed by atoms with Gasteiger partial charge in [0, 0.05) is 17.7 Å². The Morgan fingerprint density at radius 3 is 2.05 bits per heavy atom. The average molecular weight is 564 g/mol. The second-order valence-electron chi connectivity index (χ2n) is 10.5. The largest absolute Gasteiger partial charge is 0.493 e. The van der Waals surface area contributed by atoms with Crippen LogP contribution in [-0.2, 0) is 12.5 Å². The van der Waals surface area contributed by atoms with Crippen LogP contribution < -0.4 is 9.47 Å². The fourth-order valence-corrected chi connectivity index (χ4v) is 5.63. The lowest BCUT2D eigenvalue weighted by atomic mass is 9.74. The van der Waals surface area contributed by atoms with E-state index in [4.69, 9.17) is 10.00 Å². The molecule has 0 unspecified atom stereocenters. The summed E-state index contributed by atoms with van der Waals surface area (Å²) in [4.78, 5) is 0. The predicted octanol–water partition coefficient (Wildman–Crippen LogP) is 8.43. The monoisotopic (exact) mass is 563 g/mol. The highest BCUT2D eigenvalue weighted by Gasteiger charge is 2.42. The molecule has 10 heteroatoms. The van der Waals surface area contributed by atoms with Crippen molar-refractivity contribution in [2.45, 2.75) is 45.1 Å². The SMILES string of the molecule is CC1CCC([C@@H]2COc3cc(-c4cc(F)c(C(F)(F)Oc5cc(F)c(C#N)c(F)c5)c(F)c4)c(F)cc3C2)CC1. The van der Waals surface area contributed by atoms with Crippen molar-refractivity contribution in [3.8, 4) is 28.7 Å². The van der Waals surface area contributed by atoms with E-state index in [2.05, 4.69) is 11.7 Å². The summed E-state index contributed by atoms with van der Waals surface area (Å²) in [6.45, 7) is 2.66. The van der Waals surface area contributed by atoms with Gasteiger partial charge in [-0.25, -0.2) is 22.0 Å². The standard InChI is InChI=1S/C30H24F7NO2/c1-15-2-4-16(5-3-15)19-6-18-9-23(31)21(12-28(18)39-14-19)17-7-26(34)29(27(35)8-17)30(36,37)40-20-10-24(32)22(13-38)25(33)11-20/h7-12,15-16,19H,2-6,14H2,1H3/t15?,16?,19-/m0/s1. The molecule has 1 heterocycles. The van der Waals surface area contributed by atoms with Gasteiger partial charge in [0.25, 0.3) is 0 Å². The van der Waals surface area contributed by atoms with Crippen LogP contribution in [-0.4, -0.2) is 6.61 Å². The van der Waals surface area contributed by atoms with Crippen molar-refractivity contribution < 1.29 is 40.2 Å². The molecule has 0 N–H and O–H groups in total. The van der Waals surface area contributed by atoms with Crippen LogP contribution in [0.3, 0.4) is 0 Å². The van der Waals surface area contributed by atoms with E-state index in [9.17, 15) is 26.3 Å². The summed E-state index contributed by atoms with van der Waals surface area (Å²) < 4.78 is 112. The maximum atomic E-state index is 15.1. The van der Waals surface area contributed by atoms with Crippen molar-refractivity contribution in [3.05, 3.63) is 82.2 Å². The summed E-state index contributed by atoms with van der Waals surface area (Å²) >= 11 is 0. The van der Waals surface area contributed by atoms with Gasteiger partial charge in [-0.05, 0) is 72.4 Å². The lowest BCUT2D eigenvalue weighted by Gasteiger charge is -2.35. The zero-order chi connectivity index (χ0) is 28.8. The molecule has 1 saturated carbocycles. The van der Waals surface area contributed by atoms with Gasteiger partial charge in [0.15, 0.2) is 0 Å². The first-order valence-electron chi connectivity index (χ1n) is 12.9. The minimum absolute atomic E-state index is 0.236. The number of nitriles is 1. The number of rotatable bonds is 5. The predicted molar refractivity (Wildman–Crippen MR) is 131 cm³/mol. The molecule has 5 rings (SSSR count). The van der Waals surface area contributed by atoms with Crippen LogP contribution in [0.1, 0.15) is 49.3 Å². The van der Waals surface area contributed by atoms with Gasteiger partial charge in [-0.2, -0.15) is 14.0 Å². The summed E-state index contributed by atoms with van der Waals surface area (Å²) in [6, 6.07) is 5.40. The molecule has 3 aromatic carbocycles. The van der Waals surface area contributed by atoms with E-state index in [0.717, 1.165) is 25.7 Å². The van der Waals surface area contributed by atoms with Crippen molar-refractivity contribution in [2.24, 2.45) is 17.8 Å². The van der Waals surface area contributed by atoms with E-state index in [-0.39, 0.29) is 17.0 Å². The van der Waals surface area contributed by atoms with Crippen LogP contribution in [0.15, 0.2) is 36.4 Å². The Balaban J connectivity index is 1.40. The molecule has 0 amide bonds. The Kier molecular flexibility index (Phi) is 7.42. The normalized spacial score (nSPS) is 20.8. The third-order valence-corrected chi connectivity index (χ3v) is 7.83. The van der Waals surface area contributed by atoms with E-state index in [0.29, 0.717) is 60.4 Å². The highest BCUT2D eigenvalue weighted by Crippen LogP contribution is 2.42. The lowest BCUT2D eigenvalue weighted by Crippen LogP contribution is -2.30. The van der Waals surface area contributed by atoms with Gasteiger partial charge < -0.3 is 9.47 Å². The van der Waals surface area contributed by atoms with Gasteiger partial charge in [0.05, 0.1) is 6.61 Å². The second-order valence-corrected chi connectivity index (χ2v) is 10.5. The van der Waals surface area contributed by atoms with Crippen LogP contribution in [0, 0.1) is 58.2 Å². The number of nitrogens with zero attached hydrogens (tertiary/aromatic N) is 1. The Morgan fingerprint density at radius 2 is 1.45 bits per heavy atom. The molecule has 0 spiro atoms. The van der Waals surface area contributed by atoms with Gasteiger partial charge in [-0.1, -0.05) is 19.8 Å². The number of benzene rings is 3. The van der Waals surface area contributed by atoms with Gasteiger partial charge in [0.2, 0.25) is 0 Å². The van der Waals surface area contributed by atoms with Crippen LogP contribution in [0.2, 0.25) is 0 Å². The number of halogens is 7. The molecule has 3 aromatic rings. The van der Waals surface area contributed by atoms with Gasteiger partial charge >= 0.3 is 6.11 Å². The molecule has 210 valence electrons. The number of ether oxygens (including phenoxy) is 2. The van der Waals surface area contributed by atoms with Crippen LogP contribution in [0.25, 0.3) is 11.1 Å². The summed E-state index contributed by atoms with van der Waals surface area (Å²) in [7, 11) is 0. The van der Waals surface area contributed by atoms with Crippen LogP contribution in [0.4, 0.5) is 30.7 Å². The van der Waals surface area contributed by atoms with E-state index >= 15 is 4.39 Å². The minimum atomic E-state index is -4.71. The molecule has 40 heavy (non-hydrogen) atoms. The zero-order valence-corrected chi connectivity index (χ0v) is 21.3. The molecule has 3 nitrogen and oxygen atoms in total. The molecule has 0 bridgehead atoms. The number of alkyl halides is 2.